The first-order valence-electron chi connectivity index (χ1n) is 9.75. The summed E-state index contributed by atoms with van der Waals surface area (Å²) >= 11 is 0. The van der Waals surface area contributed by atoms with Gasteiger partial charge in [0.1, 0.15) is 6.04 Å². The standard InChI is InChI=1S/C20H26N4O3/c1-12-9-15(7-8-21-12)22-10-13-3-2-4-14-11-24(20(27)18(13)14)16-5-6-17(25)23-19(16)26/h2-4,12,15-16,21-22H,5-11H2,1H3,(H,23,25,26)/t12-,15+,16?/m1/s1. The molecule has 0 saturated carbocycles. The fourth-order valence-corrected chi connectivity index (χ4v) is 4.41. The van der Waals surface area contributed by atoms with E-state index >= 15 is 0 Å². The van der Waals surface area contributed by atoms with Crippen LogP contribution in [0.1, 0.15) is 54.1 Å². The molecule has 7 heteroatoms. The molecule has 7 nitrogen and oxygen atoms in total. The Bertz CT molecular complexity index is 778. The van der Waals surface area contributed by atoms with E-state index < -0.39 is 6.04 Å². The first kappa shape index (κ1) is 18.1. The molecule has 27 heavy (non-hydrogen) atoms. The van der Waals surface area contributed by atoms with Gasteiger partial charge in [-0.25, -0.2) is 0 Å². The number of nitrogens with one attached hydrogen (secondary N) is 3. The van der Waals surface area contributed by atoms with Crippen molar-refractivity contribution >= 4 is 17.7 Å². The molecule has 3 aliphatic heterocycles. The fourth-order valence-electron chi connectivity index (χ4n) is 4.41. The number of hydrogen-bond acceptors (Lipinski definition) is 5. The molecule has 2 saturated heterocycles. The normalized spacial score (nSPS) is 28.3. The maximum Gasteiger partial charge on any atom is 0.255 e. The lowest BCUT2D eigenvalue weighted by Crippen LogP contribution is -2.52. The molecule has 0 bridgehead atoms. The van der Waals surface area contributed by atoms with Crippen molar-refractivity contribution in [1.82, 2.24) is 20.9 Å². The summed E-state index contributed by atoms with van der Waals surface area (Å²) in [6.45, 7) is 4.28. The first-order valence-corrected chi connectivity index (χ1v) is 9.75. The highest BCUT2D eigenvalue weighted by Crippen LogP contribution is 2.30. The van der Waals surface area contributed by atoms with Crippen molar-refractivity contribution in [3.05, 3.63) is 34.9 Å². The number of imide groups is 1. The van der Waals surface area contributed by atoms with Crippen LogP contribution in [0.2, 0.25) is 0 Å². The van der Waals surface area contributed by atoms with Crippen LogP contribution in [-0.2, 0) is 22.7 Å². The molecule has 3 aliphatic rings. The zero-order valence-corrected chi connectivity index (χ0v) is 15.6. The fraction of sp³-hybridized carbons (Fsp3) is 0.550. The number of hydrogen-bond donors (Lipinski definition) is 3. The van der Waals surface area contributed by atoms with Gasteiger partial charge in [0.2, 0.25) is 11.8 Å². The molecular formula is C20H26N4O3. The second-order valence-electron chi connectivity index (χ2n) is 7.81. The number of piperidine rings is 2. The van der Waals surface area contributed by atoms with Crippen LogP contribution in [0.4, 0.5) is 0 Å². The summed E-state index contributed by atoms with van der Waals surface area (Å²) in [5.41, 5.74) is 2.66. The van der Waals surface area contributed by atoms with Gasteiger partial charge < -0.3 is 15.5 Å². The van der Waals surface area contributed by atoms with Crippen molar-refractivity contribution in [3.63, 3.8) is 0 Å². The smallest absolute Gasteiger partial charge is 0.255 e. The summed E-state index contributed by atoms with van der Waals surface area (Å²) in [5, 5.41) is 9.39. The molecule has 1 aromatic carbocycles. The van der Waals surface area contributed by atoms with Gasteiger partial charge in [-0.2, -0.15) is 0 Å². The Morgan fingerprint density at radius 2 is 2.07 bits per heavy atom. The molecule has 0 aliphatic carbocycles. The second kappa shape index (κ2) is 7.40. The van der Waals surface area contributed by atoms with Crippen LogP contribution in [0.15, 0.2) is 18.2 Å². The highest BCUT2D eigenvalue weighted by atomic mass is 16.2. The third kappa shape index (κ3) is 3.61. The van der Waals surface area contributed by atoms with Gasteiger partial charge in [0.05, 0.1) is 0 Å². The SMILES string of the molecule is C[C@@H]1C[C@@H](NCc2cccc3c2C(=O)N(C2CCC(=O)NC2=O)C3)CCN1. The molecule has 144 valence electrons. The lowest BCUT2D eigenvalue weighted by Gasteiger charge is -2.29. The third-order valence-corrected chi connectivity index (χ3v) is 5.84. The summed E-state index contributed by atoms with van der Waals surface area (Å²) in [6, 6.07) is 6.30. The molecule has 3 atom stereocenters. The monoisotopic (exact) mass is 370 g/mol. The van der Waals surface area contributed by atoms with Crippen LogP contribution in [0, 0.1) is 0 Å². The summed E-state index contributed by atoms with van der Waals surface area (Å²) in [4.78, 5) is 38.3. The molecule has 3 amide bonds. The van der Waals surface area contributed by atoms with Gasteiger partial charge in [-0.05, 0) is 43.9 Å². The lowest BCUT2D eigenvalue weighted by molar-refractivity contribution is -0.136. The number of benzene rings is 1. The molecule has 3 N–H and O–H groups in total. The average molecular weight is 370 g/mol. The second-order valence-corrected chi connectivity index (χ2v) is 7.81. The average Bonchev–Trinajstić information content (AvgIpc) is 2.97. The topological polar surface area (TPSA) is 90.5 Å². The van der Waals surface area contributed by atoms with E-state index in [9.17, 15) is 14.4 Å². The minimum absolute atomic E-state index is 0.101. The van der Waals surface area contributed by atoms with Crippen LogP contribution >= 0.6 is 0 Å². The third-order valence-electron chi connectivity index (χ3n) is 5.84. The zero-order valence-electron chi connectivity index (χ0n) is 15.6. The molecule has 3 heterocycles. The number of carbonyl (C=O) groups is 3. The highest BCUT2D eigenvalue weighted by Gasteiger charge is 2.39. The van der Waals surface area contributed by atoms with E-state index in [4.69, 9.17) is 0 Å². The molecule has 0 aromatic heterocycles. The van der Waals surface area contributed by atoms with Gasteiger partial charge in [0, 0.05) is 37.2 Å². The summed E-state index contributed by atoms with van der Waals surface area (Å²) in [7, 11) is 0. The van der Waals surface area contributed by atoms with Crippen molar-refractivity contribution < 1.29 is 14.4 Å². The van der Waals surface area contributed by atoms with Crippen molar-refractivity contribution in [3.8, 4) is 0 Å². The Kier molecular flexibility index (Phi) is 4.97. The van der Waals surface area contributed by atoms with Gasteiger partial charge >= 0.3 is 0 Å². The maximum absolute atomic E-state index is 13.1. The predicted molar refractivity (Wildman–Crippen MR) is 99.8 cm³/mol. The van der Waals surface area contributed by atoms with Crippen LogP contribution in [-0.4, -0.2) is 47.3 Å². The van der Waals surface area contributed by atoms with Crippen molar-refractivity contribution in [2.45, 2.75) is 63.8 Å². The van der Waals surface area contributed by atoms with Crippen molar-refractivity contribution in [1.29, 1.82) is 0 Å². The minimum Gasteiger partial charge on any atom is -0.322 e. The van der Waals surface area contributed by atoms with Gasteiger partial charge in [0.25, 0.3) is 5.91 Å². The van der Waals surface area contributed by atoms with E-state index in [1.165, 1.54) is 0 Å². The number of amides is 3. The Morgan fingerprint density at radius 3 is 2.85 bits per heavy atom. The minimum atomic E-state index is -0.561. The van der Waals surface area contributed by atoms with Crippen LogP contribution in [0.5, 0.6) is 0 Å². The van der Waals surface area contributed by atoms with Crippen LogP contribution in [0.3, 0.4) is 0 Å². The van der Waals surface area contributed by atoms with E-state index in [1.54, 1.807) is 4.90 Å². The van der Waals surface area contributed by atoms with E-state index in [1.807, 2.05) is 18.2 Å². The molecule has 0 radical (unpaired) electrons. The number of rotatable bonds is 4. The van der Waals surface area contributed by atoms with E-state index in [0.717, 1.165) is 36.1 Å². The molecule has 0 spiro atoms. The predicted octanol–water partition coefficient (Wildman–Crippen LogP) is 0.678. The van der Waals surface area contributed by atoms with E-state index in [-0.39, 0.29) is 24.1 Å². The molecule has 2 fully saturated rings. The van der Waals surface area contributed by atoms with Crippen LogP contribution < -0.4 is 16.0 Å². The maximum atomic E-state index is 13.1. The van der Waals surface area contributed by atoms with Gasteiger partial charge in [-0.3, -0.25) is 19.7 Å². The van der Waals surface area contributed by atoms with E-state index in [0.29, 0.717) is 31.6 Å². The number of carbonyl (C=O) groups excluding carboxylic acids is 3. The molecule has 1 unspecified atom stereocenters. The van der Waals surface area contributed by atoms with Crippen molar-refractivity contribution in [2.75, 3.05) is 6.54 Å². The zero-order chi connectivity index (χ0) is 19.0. The Hall–Kier alpha value is -2.25. The summed E-state index contributed by atoms with van der Waals surface area (Å²) in [6.07, 6.45) is 2.82. The number of nitrogens with zero attached hydrogens (tertiary/aromatic N) is 1. The highest BCUT2D eigenvalue weighted by molar-refractivity contribution is 6.05. The molecule has 1 aromatic rings. The first-order chi connectivity index (χ1) is 13.0. The van der Waals surface area contributed by atoms with Gasteiger partial charge in [-0.15, -0.1) is 0 Å². The van der Waals surface area contributed by atoms with E-state index in [2.05, 4.69) is 22.9 Å². The number of fused-ring (bicyclic) bond motifs is 1. The van der Waals surface area contributed by atoms with Gasteiger partial charge in [0.15, 0.2) is 0 Å². The summed E-state index contributed by atoms with van der Waals surface area (Å²) < 4.78 is 0. The largest absolute Gasteiger partial charge is 0.322 e. The Morgan fingerprint density at radius 1 is 1.22 bits per heavy atom. The van der Waals surface area contributed by atoms with Crippen LogP contribution in [0.25, 0.3) is 0 Å². The molecule has 4 rings (SSSR count). The Labute approximate surface area is 158 Å². The molecular weight excluding hydrogens is 344 g/mol. The Balaban J connectivity index is 1.48. The van der Waals surface area contributed by atoms with Crippen molar-refractivity contribution in [2.24, 2.45) is 0 Å². The quantitative estimate of drug-likeness (QED) is 0.678. The van der Waals surface area contributed by atoms with Gasteiger partial charge in [-0.1, -0.05) is 18.2 Å². The summed E-state index contributed by atoms with van der Waals surface area (Å²) in [5.74, 6) is -0.729. The lowest BCUT2D eigenvalue weighted by atomic mass is 9.99.